The molecule has 0 unspecified atom stereocenters. The Balaban J connectivity index is 2.58. The van der Waals surface area contributed by atoms with Gasteiger partial charge in [0.15, 0.2) is 11.4 Å². The highest BCUT2D eigenvalue weighted by molar-refractivity contribution is 9.10. The SMILES string of the molecule is O=C(O)c1cc(C(F)(F)F)nn1-c1ccc(Br)cc1. The van der Waals surface area contributed by atoms with Crippen LogP contribution in [0.1, 0.15) is 16.2 Å². The van der Waals surface area contributed by atoms with E-state index in [0.717, 1.165) is 9.15 Å². The third-order valence-electron chi connectivity index (χ3n) is 2.29. The normalized spacial score (nSPS) is 11.6. The lowest BCUT2D eigenvalue weighted by molar-refractivity contribution is -0.141. The first kappa shape index (κ1) is 13.6. The van der Waals surface area contributed by atoms with Gasteiger partial charge < -0.3 is 5.11 Å². The second-order valence-electron chi connectivity index (χ2n) is 3.61. The van der Waals surface area contributed by atoms with Gasteiger partial charge in [-0.3, -0.25) is 0 Å². The minimum atomic E-state index is -4.69. The maximum atomic E-state index is 12.5. The summed E-state index contributed by atoms with van der Waals surface area (Å²) in [5.41, 5.74) is -1.56. The van der Waals surface area contributed by atoms with E-state index in [1.54, 1.807) is 12.1 Å². The molecule has 2 rings (SSSR count). The summed E-state index contributed by atoms with van der Waals surface area (Å²) in [6.45, 7) is 0. The van der Waals surface area contributed by atoms with Crippen LogP contribution in [0.5, 0.6) is 0 Å². The van der Waals surface area contributed by atoms with Crippen molar-refractivity contribution in [3.8, 4) is 5.69 Å². The Bertz CT molecular complexity index is 620. The number of alkyl halides is 3. The molecule has 0 bridgehead atoms. The van der Waals surface area contributed by atoms with Gasteiger partial charge in [0.05, 0.1) is 5.69 Å². The summed E-state index contributed by atoms with van der Waals surface area (Å²) in [5, 5.41) is 12.2. The van der Waals surface area contributed by atoms with Crippen molar-refractivity contribution < 1.29 is 23.1 Å². The molecule has 1 N–H and O–H groups in total. The Labute approximate surface area is 113 Å². The molecule has 1 heterocycles. The minimum Gasteiger partial charge on any atom is -0.477 e. The van der Waals surface area contributed by atoms with Crippen molar-refractivity contribution in [2.75, 3.05) is 0 Å². The van der Waals surface area contributed by atoms with E-state index in [4.69, 9.17) is 5.11 Å². The first-order chi connectivity index (χ1) is 8.79. The van der Waals surface area contributed by atoms with Crippen molar-refractivity contribution >= 4 is 21.9 Å². The molecule has 0 atom stereocenters. The predicted molar refractivity (Wildman–Crippen MR) is 63.2 cm³/mol. The molecule has 4 nitrogen and oxygen atoms in total. The summed E-state index contributed by atoms with van der Waals surface area (Å²) in [6, 6.07) is 6.59. The fraction of sp³-hybridized carbons (Fsp3) is 0.0909. The first-order valence-electron chi connectivity index (χ1n) is 4.95. The van der Waals surface area contributed by atoms with Crippen LogP contribution in [0.4, 0.5) is 13.2 Å². The van der Waals surface area contributed by atoms with Gasteiger partial charge in [-0.15, -0.1) is 0 Å². The van der Waals surface area contributed by atoms with Crippen molar-refractivity contribution in [3.05, 3.63) is 46.2 Å². The van der Waals surface area contributed by atoms with Crippen LogP contribution in [0.15, 0.2) is 34.8 Å². The van der Waals surface area contributed by atoms with Crippen LogP contribution in [0, 0.1) is 0 Å². The van der Waals surface area contributed by atoms with Gasteiger partial charge in [-0.2, -0.15) is 18.3 Å². The molecule has 1 aromatic heterocycles. The fourth-order valence-corrected chi connectivity index (χ4v) is 1.72. The van der Waals surface area contributed by atoms with Gasteiger partial charge in [0.1, 0.15) is 0 Å². The minimum absolute atomic E-state index is 0.233. The van der Waals surface area contributed by atoms with E-state index in [9.17, 15) is 18.0 Å². The highest BCUT2D eigenvalue weighted by atomic mass is 79.9. The number of aromatic nitrogens is 2. The van der Waals surface area contributed by atoms with E-state index in [1.807, 2.05) is 0 Å². The van der Waals surface area contributed by atoms with E-state index < -0.39 is 23.5 Å². The van der Waals surface area contributed by atoms with Crippen molar-refractivity contribution in [2.45, 2.75) is 6.18 Å². The Morgan fingerprint density at radius 2 is 1.84 bits per heavy atom. The van der Waals surface area contributed by atoms with Gasteiger partial charge in [-0.05, 0) is 24.3 Å². The number of aromatic carboxylic acids is 1. The molecular weight excluding hydrogens is 329 g/mol. The van der Waals surface area contributed by atoms with Gasteiger partial charge in [0.2, 0.25) is 0 Å². The average molecular weight is 335 g/mol. The molecule has 0 amide bonds. The lowest BCUT2D eigenvalue weighted by Gasteiger charge is -2.04. The van der Waals surface area contributed by atoms with E-state index >= 15 is 0 Å². The second-order valence-corrected chi connectivity index (χ2v) is 4.52. The quantitative estimate of drug-likeness (QED) is 0.916. The van der Waals surface area contributed by atoms with Gasteiger partial charge in [0.25, 0.3) is 0 Å². The molecule has 0 fully saturated rings. The lowest BCUT2D eigenvalue weighted by atomic mass is 10.3. The second kappa shape index (κ2) is 4.69. The number of hydrogen-bond acceptors (Lipinski definition) is 2. The van der Waals surface area contributed by atoms with Crippen molar-refractivity contribution in [1.82, 2.24) is 9.78 Å². The predicted octanol–water partition coefficient (Wildman–Crippen LogP) is 3.35. The molecule has 0 aliphatic carbocycles. The highest BCUT2D eigenvalue weighted by Gasteiger charge is 2.36. The van der Waals surface area contributed by atoms with Gasteiger partial charge in [0, 0.05) is 10.5 Å². The third-order valence-corrected chi connectivity index (χ3v) is 2.82. The fourth-order valence-electron chi connectivity index (χ4n) is 1.45. The van der Waals surface area contributed by atoms with Gasteiger partial charge in [-0.25, -0.2) is 9.48 Å². The van der Waals surface area contributed by atoms with E-state index in [1.165, 1.54) is 12.1 Å². The molecule has 0 saturated carbocycles. The molecule has 0 radical (unpaired) electrons. The van der Waals surface area contributed by atoms with Crippen molar-refractivity contribution in [1.29, 1.82) is 0 Å². The number of carboxylic acid groups (broad SMARTS) is 1. The number of benzene rings is 1. The third kappa shape index (κ3) is 2.78. The van der Waals surface area contributed by atoms with Crippen molar-refractivity contribution in [2.24, 2.45) is 0 Å². The molecular formula is C11H6BrF3N2O2. The van der Waals surface area contributed by atoms with Crippen LogP contribution in [0.25, 0.3) is 5.69 Å². The van der Waals surface area contributed by atoms with Gasteiger partial charge >= 0.3 is 12.1 Å². The summed E-state index contributed by atoms with van der Waals surface area (Å²) in [4.78, 5) is 11.0. The monoisotopic (exact) mass is 334 g/mol. The Morgan fingerprint density at radius 1 is 1.26 bits per heavy atom. The summed E-state index contributed by atoms with van der Waals surface area (Å²) in [5.74, 6) is -1.48. The molecule has 2 aromatic rings. The Morgan fingerprint density at radius 3 is 2.32 bits per heavy atom. The van der Waals surface area contributed by atoms with E-state index in [-0.39, 0.29) is 5.69 Å². The molecule has 0 spiro atoms. The summed E-state index contributed by atoms with van der Waals surface area (Å²) >= 11 is 3.18. The number of carbonyl (C=O) groups is 1. The number of hydrogen-bond donors (Lipinski definition) is 1. The Kier molecular flexibility index (Phi) is 3.36. The smallest absolute Gasteiger partial charge is 0.435 e. The zero-order valence-corrected chi connectivity index (χ0v) is 10.7. The lowest BCUT2D eigenvalue weighted by Crippen LogP contribution is -2.09. The number of carboxylic acids is 1. The zero-order chi connectivity index (χ0) is 14.2. The Hall–Kier alpha value is -1.83. The van der Waals surface area contributed by atoms with E-state index in [0.29, 0.717) is 6.07 Å². The largest absolute Gasteiger partial charge is 0.477 e. The maximum absolute atomic E-state index is 12.5. The van der Waals surface area contributed by atoms with Crippen molar-refractivity contribution in [3.63, 3.8) is 0 Å². The average Bonchev–Trinajstić information content (AvgIpc) is 2.74. The van der Waals surface area contributed by atoms with Crippen LogP contribution in [-0.2, 0) is 6.18 Å². The standard InChI is InChI=1S/C11H6BrF3N2O2/c12-6-1-3-7(4-2-6)17-8(10(18)19)5-9(16-17)11(13,14)15/h1-5H,(H,18,19). The molecule has 0 saturated heterocycles. The van der Waals surface area contributed by atoms with Crippen LogP contribution in [-0.4, -0.2) is 20.9 Å². The molecule has 0 aliphatic heterocycles. The molecule has 0 aliphatic rings. The maximum Gasteiger partial charge on any atom is 0.435 e. The summed E-state index contributed by atoms with van der Waals surface area (Å²) < 4.78 is 39.1. The molecule has 100 valence electrons. The van der Waals surface area contributed by atoms with Crippen LogP contribution >= 0.6 is 15.9 Å². The van der Waals surface area contributed by atoms with Crippen LogP contribution < -0.4 is 0 Å². The molecule has 8 heteroatoms. The summed E-state index contributed by atoms with van der Waals surface area (Å²) in [6.07, 6.45) is -4.69. The number of nitrogens with zero attached hydrogens (tertiary/aromatic N) is 2. The van der Waals surface area contributed by atoms with Crippen LogP contribution in [0.3, 0.4) is 0 Å². The number of halogens is 4. The van der Waals surface area contributed by atoms with E-state index in [2.05, 4.69) is 21.0 Å². The van der Waals surface area contributed by atoms with Crippen LogP contribution in [0.2, 0.25) is 0 Å². The topological polar surface area (TPSA) is 55.1 Å². The molecule has 1 aromatic carbocycles. The zero-order valence-electron chi connectivity index (χ0n) is 9.15. The number of rotatable bonds is 2. The summed E-state index contributed by atoms with van der Waals surface area (Å²) in [7, 11) is 0. The first-order valence-corrected chi connectivity index (χ1v) is 5.75. The van der Waals surface area contributed by atoms with Gasteiger partial charge in [-0.1, -0.05) is 15.9 Å². The highest BCUT2D eigenvalue weighted by Crippen LogP contribution is 2.29. The molecule has 19 heavy (non-hydrogen) atoms.